The molecule has 0 heterocycles. The van der Waals surface area contributed by atoms with Crippen molar-refractivity contribution >= 4 is 5.97 Å². The summed E-state index contributed by atoms with van der Waals surface area (Å²) in [5, 5.41) is 0. The van der Waals surface area contributed by atoms with E-state index in [9.17, 15) is 4.79 Å². The van der Waals surface area contributed by atoms with Gasteiger partial charge >= 0.3 is 5.97 Å². The van der Waals surface area contributed by atoms with E-state index in [0.717, 1.165) is 22.4 Å². The van der Waals surface area contributed by atoms with E-state index in [-0.39, 0.29) is 23.9 Å². The zero-order chi connectivity index (χ0) is 17.7. The molecule has 0 aliphatic heterocycles. The fourth-order valence-corrected chi connectivity index (χ4v) is 2.71. The highest BCUT2D eigenvalue weighted by Gasteiger charge is 2.26. The molecule has 0 aliphatic rings. The number of esters is 1. The van der Waals surface area contributed by atoms with Crippen molar-refractivity contribution in [3.63, 3.8) is 0 Å². The maximum Gasteiger partial charge on any atom is 0.309 e. The van der Waals surface area contributed by atoms with E-state index in [1.807, 2.05) is 58.0 Å². The Morgan fingerprint density at radius 3 is 2.17 bits per heavy atom. The van der Waals surface area contributed by atoms with Gasteiger partial charge in [0.2, 0.25) is 0 Å². The van der Waals surface area contributed by atoms with Crippen molar-refractivity contribution in [2.24, 2.45) is 5.92 Å². The molecule has 0 radical (unpaired) electrons. The molecule has 24 heavy (non-hydrogen) atoms. The lowest BCUT2D eigenvalue weighted by Crippen LogP contribution is -2.23. The molecule has 2 aromatic rings. The summed E-state index contributed by atoms with van der Waals surface area (Å²) in [7, 11) is 1.66. The molecule has 0 aromatic heterocycles. The molecule has 0 saturated carbocycles. The predicted molar refractivity (Wildman–Crippen MR) is 97.2 cm³/mol. The van der Waals surface area contributed by atoms with Crippen LogP contribution in [0.15, 0.2) is 48.5 Å². The van der Waals surface area contributed by atoms with Crippen molar-refractivity contribution in [3.8, 4) is 16.9 Å². The zero-order valence-electron chi connectivity index (χ0n) is 15.1. The number of hydrogen-bond donors (Lipinski definition) is 0. The van der Waals surface area contributed by atoms with Crippen molar-refractivity contribution in [1.29, 1.82) is 0 Å². The molecule has 2 aromatic carbocycles. The van der Waals surface area contributed by atoms with Crippen LogP contribution in [-0.2, 0) is 9.53 Å². The van der Waals surface area contributed by atoms with Gasteiger partial charge in [0.15, 0.2) is 0 Å². The molecule has 0 aliphatic carbocycles. The van der Waals surface area contributed by atoms with Crippen molar-refractivity contribution in [2.45, 2.75) is 39.7 Å². The number of hydrogen-bond acceptors (Lipinski definition) is 3. The number of benzene rings is 2. The van der Waals surface area contributed by atoms with E-state index in [1.54, 1.807) is 7.11 Å². The summed E-state index contributed by atoms with van der Waals surface area (Å²) in [6.45, 7) is 7.68. The Bertz CT molecular complexity index is 677. The second-order valence-electron chi connectivity index (χ2n) is 6.39. The second-order valence-corrected chi connectivity index (χ2v) is 6.39. The molecule has 2 atom stereocenters. The standard InChI is InChI=1S/C21H26O3/c1-14(2)24-21(22)16(4)15(3)19-13-18(11-12-20(19)23-5)17-9-7-6-8-10-17/h6-16H,1-5H3. The van der Waals surface area contributed by atoms with Crippen LogP contribution in [0.4, 0.5) is 0 Å². The minimum absolute atomic E-state index is 0.00476. The lowest BCUT2D eigenvalue weighted by atomic mass is 9.86. The van der Waals surface area contributed by atoms with Crippen molar-refractivity contribution in [3.05, 3.63) is 54.1 Å². The van der Waals surface area contributed by atoms with Crippen molar-refractivity contribution in [1.82, 2.24) is 0 Å². The van der Waals surface area contributed by atoms with Crippen LogP contribution < -0.4 is 4.74 Å². The molecule has 0 saturated heterocycles. The first-order valence-electron chi connectivity index (χ1n) is 8.38. The molecule has 0 bridgehead atoms. The monoisotopic (exact) mass is 326 g/mol. The van der Waals surface area contributed by atoms with E-state index >= 15 is 0 Å². The number of ether oxygens (including phenoxy) is 2. The van der Waals surface area contributed by atoms with E-state index in [0.29, 0.717) is 0 Å². The first-order chi connectivity index (χ1) is 11.4. The fourth-order valence-electron chi connectivity index (χ4n) is 2.71. The number of carbonyl (C=O) groups excluding carboxylic acids is 1. The highest BCUT2D eigenvalue weighted by molar-refractivity contribution is 5.74. The normalized spacial score (nSPS) is 13.4. The number of carbonyl (C=O) groups is 1. The third-order valence-corrected chi connectivity index (χ3v) is 4.30. The van der Waals surface area contributed by atoms with Gasteiger partial charge in [-0.3, -0.25) is 4.79 Å². The summed E-state index contributed by atoms with van der Waals surface area (Å²) >= 11 is 0. The van der Waals surface area contributed by atoms with Gasteiger partial charge in [-0.2, -0.15) is 0 Å². The van der Waals surface area contributed by atoms with Gasteiger partial charge in [0.05, 0.1) is 19.1 Å². The third-order valence-electron chi connectivity index (χ3n) is 4.30. The van der Waals surface area contributed by atoms with Crippen LogP contribution >= 0.6 is 0 Å². The molecule has 2 rings (SSSR count). The summed E-state index contributed by atoms with van der Waals surface area (Å²) in [6.07, 6.45) is -0.107. The van der Waals surface area contributed by atoms with Crippen molar-refractivity contribution in [2.75, 3.05) is 7.11 Å². The lowest BCUT2D eigenvalue weighted by molar-refractivity contribution is -0.152. The molecule has 0 amide bonds. The number of methoxy groups -OCH3 is 1. The number of rotatable bonds is 6. The Morgan fingerprint density at radius 2 is 1.58 bits per heavy atom. The average molecular weight is 326 g/mol. The van der Waals surface area contributed by atoms with Gasteiger partial charge in [-0.1, -0.05) is 50.2 Å². The molecule has 3 heteroatoms. The summed E-state index contributed by atoms with van der Waals surface area (Å²) in [5.41, 5.74) is 3.28. The maximum atomic E-state index is 12.3. The minimum atomic E-state index is -0.243. The predicted octanol–water partition coefficient (Wildman–Crippen LogP) is 5.05. The molecule has 0 fully saturated rings. The molecule has 0 spiro atoms. The Hall–Kier alpha value is -2.29. The third kappa shape index (κ3) is 4.16. The topological polar surface area (TPSA) is 35.5 Å². The van der Waals surface area contributed by atoms with Crippen LogP contribution in [0.1, 0.15) is 39.2 Å². The highest BCUT2D eigenvalue weighted by Crippen LogP contribution is 2.35. The largest absolute Gasteiger partial charge is 0.496 e. The first kappa shape index (κ1) is 18.1. The lowest BCUT2D eigenvalue weighted by Gasteiger charge is -2.23. The van der Waals surface area contributed by atoms with Gasteiger partial charge in [0, 0.05) is 0 Å². The molecule has 2 unspecified atom stereocenters. The summed E-state index contributed by atoms with van der Waals surface area (Å²) < 4.78 is 10.9. The summed E-state index contributed by atoms with van der Waals surface area (Å²) in [4.78, 5) is 12.3. The van der Waals surface area contributed by atoms with Crippen molar-refractivity contribution < 1.29 is 14.3 Å². The van der Waals surface area contributed by atoms with Crippen LogP contribution in [-0.4, -0.2) is 19.2 Å². The maximum absolute atomic E-state index is 12.3. The van der Waals surface area contributed by atoms with Crippen LogP contribution in [0.25, 0.3) is 11.1 Å². The van der Waals surface area contributed by atoms with Crippen LogP contribution in [0.5, 0.6) is 5.75 Å². The molecule has 3 nitrogen and oxygen atoms in total. The van der Waals surface area contributed by atoms with E-state index in [1.165, 1.54) is 0 Å². The SMILES string of the molecule is COc1ccc(-c2ccccc2)cc1C(C)C(C)C(=O)OC(C)C. The first-order valence-corrected chi connectivity index (χ1v) is 8.38. The van der Waals surface area contributed by atoms with Gasteiger partial charge in [-0.05, 0) is 48.6 Å². The summed E-state index contributed by atoms with van der Waals surface area (Å²) in [6, 6.07) is 16.3. The van der Waals surface area contributed by atoms with Crippen LogP contribution in [0.2, 0.25) is 0 Å². The van der Waals surface area contributed by atoms with Gasteiger partial charge < -0.3 is 9.47 Å². The van der Waals surface area contributed by atoms with E-state index in [4.69, 9.17) is 9.47 Å². The second kappa shape index (κ2) is 8.00. The van der Waals surface area contributed by atoms with Gasteiger partial charge in [-0.15, -0.1) is 0 Å². The molecular weight excluding hydrogens is 300 g/mol. The van der Waals surface area contributed by atoms with Crippen LogP contribution in [0, 0.1) is 5.92 Å². The van der Waals surface area contributed by atoms with Gasteiger partial charge in [-0.25, -0.2) is 0 Å². The van der Waals surface area contributed by atoms with E-state index in [2.05, 4.69) is 18.2 Å². The molecule has 128 valence electrons. The minimum Gasteiger partial charge on any atom is -0.496 e. The summed E-state index contributed by atoms with van der Waals surface area (Å²) in [5.74, 6) is 0.373. The zero-order valence-corrected chi connectivity index (χ0v) is 15.1. The van der Waals surface area contributed by atoms with Crippen LogP contribution in [0.3, 0.4) is 0 Å². The highest BCUT2D eigenvalue weighted by atomic mass is 16.5. The fraction of sp³-hybridized carbons (Fsp3) is 0.381. The average Bonchev–Trinajstić information content (AvgIpc) is 2.60. The molecular formula is C21H26O3. The Kier molecular flexibility index (Phi) is 6.02. The quantitative estimate of drug-likeness (QED) is 0.697. The Morgan fingerprint density at radius 1 is 0.917 bits per heavy atom. The smallest absolute Gasteiger partial charge is 0.309 e. The molecule has 0 N–H and O–H groups in total. The van der Waals surface area contributed by atoms with Gasteiger partial charge in [0.25, 0.3) is 0 Å². The Labute approximate surface area is 144 Å². The van der Waals surface area contributed by atoms with E-state index < -0.39 is 0 Å². The Balaban J connectivity index is 2.35. The van der Waals surface area contributed by atoms with Gasteiger partial charge in [0.1, 0.15) is 5.75 Å².